The number of esters is 1. The summed E-state index contributed by atoms with van der Waals surface area (Å²) in [7, 11) is 0. The predicted molar refractivity (Wildman–Crippen MR) is 95.7 cm³/mol. The Labute approximate surface area is 147 Å². The fraction of sp³-hybridized carbons (Fsp3) is 0.952. The van der Waals surface area contributed by atoms with Crippen molar-refractivity contribution in [3.8, 4) is 0 Å². The first kappa shape index (κ1) is 16.9. The van der Waals surface area contributed by atoms with Crippen LogP contribution in [0.2, 0.25) is 0 Å². The lowest BCUT2D eigenvalue weighted by atomic mass is 9.55. The minimum absolute atomic E-state index is 0.0884. The molecule has 0 spiro atoms. The summed E-state index contributed by atoms with van der Waals surface area (Å²) in [5, 5.41) is 0. The van der Waals surface area contributed by atoms with Crippen LogP contribution in [0.3, 0.4) is 0 Å². The fourth-order valence-corrected chi connectivity index (χ4v) is 6.24. The molecule has 4 aliphatic carbocycles. The van der Waals surface area contributed by atoms with Gasteiger partial charge >= 0.3 is 5.97 Å². The Morgan fingerprint density at radius 3 is 2.17 bits per heavy atom. The van der Waals surface area contributed by atoms with Gasteiger partial charge in [0.1, 0.15) is 6.10 Å². The Morgan fingerprint density at radius 1 is 0.833 bits per heavy atom. The van der Waals surface area contributed by atoms with E-state index in [1.165, 1.54) is 83.8 Å². The molecule has 136 valence electrons. The molecule has 0 radical (unpaired) electrons. The minimum Gasteiger partial charge on any atom is -0.462 e. The number of piperidine rings is 1. The van der Waals surface area contributed by atoms with Crippen molar-refractivity contribution in [3.05, 3.63) is 0 Å². The SMILES string of the molecule is O=C(CCCCCN1CCCCC1)OC1C2CC3CC(C2)CC1C3. The molecule has 4 bridgehead atoms. The van der Waals surface area contributed by atoms with Crippen molar-refractivity contribution in [2.24, 2.45) is 23.7 Å². The minimum atomic E-state index is 0.0884. The monoisotopic (exact) mass is 333 g/mol. The summed E-state index contributed by atoms with van der Waals surface area (Å²) in [6, 6.07) is 0. The van der Waals surface area contributed by atoms with Gasteiger partial charge in [-0.3, -0.25) is 4.79 Å². The summed E-state index contributed by atoms with van der Waals surface area (Å²) in [5.41, 5.74) is 0. The Kier molecular flexibility index (Phi) is 5.46. The quantitative estimate of drug-likeness (QED) is 0.511. The van der Waals surface area contributed by atoms with Crippen molar-refractivity contribution in [2.45, 2.75) is 83.2 Å². The van der Waals surface area contributed by atoms with Crippen LogP contribution in [0.15, 0.2) is 0 Å². The van der Waals surface area contributed by atoms with E-state index in [0.717, 1.165) is 18.3 Å². The van der Waals surface area contributed by atoms with Crippen molar-refractivity contribution < 1.29 is 9.53 Å². The summed E-state index contributed by atoms with van der Waals surface area (Å²) < 4.78 is 5.97. The van der Waals surface area contributed by atoms with E-state index < -0.39 is 0 Å². The largest absolute Gasteiger partial charge is 0.462 e. The van der Waals surface area contributed by atoms with E-state index >= 15 is 0 Å². The molecule has 5 aliphatic rings. The van der Waals surface area contributed by atoms with E-state index in [1.54, 1.807) is 0 Å². The number of rotatable bonds is 7. The summed E-state index contributed by atoms with van der Waals surface area (Å²) in [5.74, 6) is 3.40. The normalized spacial score (nSPS) is 38.4. The van der Waals surface area contributed by atoms with Crippen LogP contribution in [0, 0.1) is 23.7 Å². The molecule has 0 amide bonds. The zero-order chi connectivity index (χ0) is 16.4. The third kappa shape index (κ3) is 3.98. The molecule has 5 fully saturated rings. The highest BCUT2D eigenvalue weighted by Crippen LogP contribution is 2.54. The van der Waals surface area contributed by atoms with Crippen molar-refractivity contribution in [1.29, 1.82) is 0 Å². The summed E-state index contributed by atoms with van der Waals surface area (Å²) in [6.07, 6.45) is 15.3. The Hall–Kier alpha value is -0.570. The zero-order valence-corrected chi connectivity index (χ0v) is 15.3. The summed E-state index contributed by atoms with van der Waals surface area (Å²) >= 11 is 0. The van der Waals surface area contributed by atoms with Gasteiger partial charge in [-0.1, -0.05) is 12.8 Å². The maximum absolute atomic E-state index is 12.3. The number of hydrogen-bond donors (Lipinski definition) is 0. The maximum atomic E-state index is 12.3. The van der Waals surface area contributed by atoms with Gasteiger partial charge in [-0.2, -0.15) is 0 Å². The fourth-order valence-electron chi connectivity index (χ4n) is 6.24. The number of ether oxygens (including phenoxy) is 1. The zero-order valence-electron chi connectivity index (χ0n) is 15.3. The van der Waals surface area contributed by atoms with Crippen LogP contribution in [0.25, 0.3) is 0 Å². The Morgan fingerprint density at radius 2 is 1.50 bits per heavy atom. The topological polar surface area (TPSA) is 29.5 Å². The standard InChI is InChI=1S/C21H35NO2/c23-20(7-3-1-4-8-22-9-5-2-6-10-22)24-21-18-12-16-11-17(14-18)15-19(21)13-16/h16-19,21H,1-15H2. The number of hydrogen-bond acceptors (Lipinski definition) is 3. The second-order valence-electron chi connectivity index (χ2n) is 9.10. The second-order valence-corrected chi connectivity index (χ2v) is 9.10. The molecule has 0 aromatic carbocycles. The third-order valence-electron chi connectivity index (χ3n) is 7.21. The molecule has 5 rings (SSSR count). The third-order valence-corrected chi connectivity index (χ3v) is 7.21. The number of carbonyl (C=O) groups excluding carboxylic acids is 1. The van der Waals surface area contributed by atoms with Crippen molar-refractivity contribution in [3.63, 3.8) is 0 Å². The average Bonchev–Trinajstić information content (AvgIpc) is 2.58. The molecule has 4 saturated carbocycles. The van der Waals surface area contributed by atoms with Crippen molar-refractivity contribution in [2.75, 3.05) is 19.6 Å². The van der Waals surface area contributed by atoms with E-state index in [1.807, 2.05) is 0 Å². The van der Waals surface area contributed by atoms with Crippen LogP contribution in [0.4, 0.5) is 0 Å². The summed E-state index contributed by atoms with van der Waals surface area (Å²) in [6.45, 7) is 3.80. The Balaban J connectivity index is 1.11. The van der Waals surface area contributed by atoms with Crippen LogP contribution in [-0.2, 0) is 9.53 Å². The molecular weight excluding hydrogens is 298 g/mol. The molecule has 0 aromatic heterocycles. The Bertz CT molecular complexity index is 402. The van der Waals surface area contributed by atoms with Crippen LogP contribution in [0.1, 0.15) is 77.0 Å². The predicted octanol–water partition coefficient (Wildman–Crippen LogP) is 4.40. The molecule has 1 saturated heterocycles. The molecular formula is C21H35NO2. The van der Waals surface area contributed by atoms with E-state index in [0.29, 0.717) is 18.3 Å². The highest BCUT2D eigenvalue weighted by Gasteiger charge is 2.49. The number of likely N-dealkylation sites (tertiary alicyclic amines) is 1. The molecule has 1 aliphatic heterocycles. The van der Waals surface area contributed by atoms with E-state index in [9.17, 15) is 4.79 Å². The first-order valence-corrected chi connectivity index (χ1v) is 10.7. The van der Waals surface area contributed by atoms with Gasteiger partial charge in [0.05, 0.1) is 0 Å². The lowest BCUT2D eigenvalue weighted by Gasteiger charge is -2.53. The van der Waals surface area contributed by atoms with E-state index in [2.05, 4.69) is 4.90 Å². The van der Waals surface area contributed by atoms with E-state index in [4.69, 9.17) is 4.74 Å². The van der Waals surface area contributed by atoms with Gasteiger partial charge in [0.15, 0.2) is 0 Å². The van der Waals surface area contributed by atoms with Crippen LogP contribution >= 0.6 is 0 Å². The van der Waals surface area contributed by atoms with Gasteiger partial charge in [-0.15, -0.1) is 0 Å². The molecule has 3 nitrogen and oxygen atoms in total. The first-order valence-electron chi connectivity index (χ1n) is 10.7. The highest BCUT2D eigenvalue weighted by molar-refractivity contribution is 5.69. The molecule has 24 heavy (non-hydrogen) atoms. The number of nitrogens with zero attached hydrogens (tertiary/aromatic N) is 1. The first-order chi connectivity index (χ1) is 11.8. The smallest absolute Gasteiger partial charge is 0.306 e. The molecule has 0 N–H and O–H groups in total. The van der Waals surface area contributed by atoms with Gasteiger partial charge in [0, 0.05) is 6.42 Å². The lowest BCUT2D eigenvalue weighted by molar-refractivity contribution is -0.170. The molecule has 1 heterocycles. The average molecular weight is 334 g/mol. The number of unbranched alkanes of at least 4 members (excludes halogenated alkanes) is 2. The van der Waals surface area contributed by atoms with Gasteiger partial charge in [-0.25, -0.2) is 0 Å². The van der Waals surface area contributed by atoms with Crippen molar-refractivity contribution in [1.82, 2.24) is 4.90 Å². The second kappa shape index (κ2) is 7.76. The van der Waals surface area contributed by atoms with Gasteiger partial charge in [-0.05, 0) is 101 Å². The summed E-state index contributed by atoms with van der Waals surface area (Å²) in [4.78, 5) is 14.9. The van der Waals surface area contributed by atoms with Gasteiger partial charge in [0.25, 0.3) is 0 Å². The van der Waals surface area contributed by atoms with Crippen LogP contribution < -0.4 is 0 Å². The number of carbonyl (C=O) groups is 1. The van der Waals surface area contributed by atoms with Crippen LogP contribution in [0.5, 0.6) is 0 Å². The van der Waals surface area contributed by atoms with Crippen LogP contribution in [-0.4, -0.2) is 36.6 Å². The molecule has 0 atom stereocenters. The molecule has 3 heteroatoms. The van der Waals surface area contributed by atoms with Crippen molar-refractivity contribution >= 4 is 5.97 Å². The van der Waals surface area contributed by atoms with E-state index in [-0.39, 0.29) is 12.1 Å². The maximum Gasteiger partial charge on any atom is 0.306 e. The lowest BCUT2D eigenvalue weighted by Crippen LogP contribution is -2.50. The molecule has 0 unspecified atom stereocenters. The highest BCUT2D eigenvalue weighted by atomic mass is 16.5. The van der Waals surface area contributed by atoms with Gasteiger partial charge in [0.2, 0.25) is 0 Å². The van der Waals surface area contributed by atoms with Gasteiger partial charge < -0.3 is 9.64 Å². The molecule has 0 aromatic rings.